The molecule has 1 fully saturated rings. The molecule has 7 nitrogen and oxygen atoms in total. The van der Waals surface area contributed by atoms with E-state index in [2.05, 4.69) is 10.0 Å². The highest BCUT2D eigenvalue weighted by atomic mass is 32.2. The Kier molecular flexibility index (Phi) is 5.94. The molecule has 0 spiro atoms. The number of rotatable bonds is 7. The van der Waals surface area contributed by atoms with Crippen LogP contribution in [0.5, 0.6) is 0 Å². The molecule has 0 aliphatic heterocycles. The fourth-order valence-electron chi connectivity index (χ4n) is 2.31. The number of carbonyl (C=O) groups excluding carboxylic acids is 1. The molecule has 0 aromatic carbocycles. The highest BCUT2D eigenvalue weighted by Gasteiger charge is 2.31. The highest BCUT2D eigenvalue weighted by molar-refractivity contribution is 7.89. The van der Waals surface area contributed by atoms with Gasteiger partial charge in [-0.05, 0) is 32.6 Å². The quantitative estimate of drug-likeness (QED) is 0.616. The standard InChI is InChI=1S/C12H22N2O5S/c1-3-6-20(18,19)14-8(2)11(15)13-10-5-4-9(7-10)12(16)17/h8-10,14H,3-7H2,1-2H3,(H,13,15)(H,16,17). The van der Waals surface area contributed by atoms with E-state index in [1.165, 1.54) is 6.92 Å². The molecule has 1 aliphatic rings. The van der Waals surface area contributed by atoms with Gasteiger partial charge in [0.1, 0.15) is 0 Å². The number of carbonyl (C=O) groups is 2. The van der Waals surface area contributed by atoms with Crippen LogP contribution in [-0.2, 0) is 19.6 Å². The van der Waals surface area contributed by atoms with Gasteiger partial charge in [0.05, 0.1) is 17.7 Å². The largest absolute Gasteiger partial charge is 0.481 e. The normalized spacial score (nSPS) is 24.3. The van der Waals surface area contributed by atoms with Gasteiger partial charge in [0.25, 0.3) is 0 Å². The average molecular weight is 306 g/mol. The molecule has 1 rings (SSSR count). The lowest BCUT2D eigenvalue weighted by molar-refractivity contribution is -0.141. The van der Waals surface area contributed by atoms with Crippen molar-refractivity contribution in [2.45, 2.75) is 51.6 Å². The molecule has 0 bridgehead atoms. The summed E-state index contributed by atoms with van der Waals surface area (Å²) in [4.78, 5) is 22.7. The number of carboxylic acids is 1. The first-order valence-corrected chi connectivity index (χ1v) is 8.43. The number of hydrogen-bond acceptors (Lipinski definition) is 4. The van der Waals surface area contributed by atoms with Crippen molar-refractivity contribution in [1.82, 2.24) is 10.0 Å². The van der Waals surface area contributed by atoms with Gasteiger partial charge in [-0.1, -0.05) is 6.92 Å². The van der Waals surface area contributed by atoms with Gasteiger partial charge in [-0.15, -0.1) is 0 Å². The van der Waals surface area contributed by atoms with Gasteiger partial charge in [-0.25, -0.2) is 13.1 Å². The topological polar surface area (TPSA) is 113 Å². The zero-order valence-electron chi connectivity index (χ0n) is 11.8. The summed E-state index contributed by atoms with van der Waals surface area (Å²) in [5, 5.41) is 11.6. The Bertz CT molecular complexity index is 462. The van der Waals surface area contributed by atoms with Crippen molar-refractivity contribution in [2.75, 3.05) is 5.75 Å². The molecule has 3 N–H and O–H groups in total. The minimum Gasteiger partial charge on any atom is -0.481 e. The van der Waals surface area contributed by atoms with Gasteiger partial charge in [0.15, 0.2) is 0 Å². The Hall–Kier alpha value is -1.15. The molecule has 1 amide bonds. The van der Waals surface area contributed by atoms with E-state index in [-0.39, 0.29) is 11.8 Å². The summed E-state index contributed by atoms with van der Waals surface area (Å²) in [6.45, 7) is 3.22. The second-order valence-corrected chi connectivity index (χ2v) is 7.09. The van der Waals surface area contributed by atoms with Crippen LogP contribution in [-0.4, -0.2) is 43.2 Å². The molecule has 20 heavy (non-hydrogen) atoms. The van der Waals surface area contributed by atoms with Crippen molar-refractivity contribution < 1.29 is 23.1 Å². The lowest BCUT2D eigenvalue weighted by Gasteiger charge is -2.17. The monoisotopic (exact) mass is 306 g/mol. The molecule has 0 aromatic heterocycles. The van der Waals surface area contributed by atoms with Crippen molar-refractivity contribution in [3.05, 3.63) is 0 Å². The molecule has 0 saturated heterocycles. The summed E-state index contributed by atoms with van der Waals surface area (Å²) in [6.07, 6.45) is 2.02. The Balaban J connectivity index is 2.45. The molecular weight excluding hydrogens is 284 g/mol. The summed E-state index contributed by atoms with van der Waals surface area (Å²) in [6, 6.07) is -1.04. The fourth-order valence-corrected chi connectivity index (χ4v) is 3.61. The van der Waals surface area contributed by atoms with Crippen LogP contribution < -0.4 is 10.0 Å². The van der Waals surface area contributed by atoms with E-state index in [0.717, 1.165) is 0 Å². The number of hydrogen-bond donors (Lipinski definition) is 3. The summed E-state index contributed by atoms with van der Waals surface area (Å²) >= 11 is 0. The summed E-state index contributed by atoms with van der Waals surface area (Å²) in [5.74, 6) is -1.71. The molecule has 0 aromatic rings. The predicted molar refractivity (Wildman–Crippen MR) is 73.6 cm³/mol. The zero-order chi connectivity index (χ0) is 15.3. The molecule has 1 aliphatic carbocycles. The van der Waals surface area contributed by atoms with Crippen molar-refractivity contribution in [3.8, 4) is 0 Å². The Morgan fingerprint density at radius 3 is 2.50 bits per heavy atom. The van der Waals surface area contributed by atoms with Gasteiger partial charge in [0, 0.05) is 6.04 Å². The molecule has 116 valence electrons. The van der Waals surface area contributed by atoms with Crippen LogP contribution >= 0.6 is 0 Å². The van der Waals surface area contributed by atoms with Crippen LogP contribution in [0.25, 0.3) is 0 Å². The van der Waals surface area contributed by atoms with Crippen molar-refractivity contribution >= 4 is 21.9 Å². The van der Waals surface area contributed by atoms with E-state index in [0.29, 0.717) is 25.7 Å². The molecule has 3 atom stereocenters. The molecular formula is C12H22N2O5S. The lowest BCUT2D eigenvalue weighted by Crippen LogP contribution is -2.48. The second-order valence-electron chi connectivity index (χ2n) is 5.21. The third-order valence-corrected chi connectivity index (χ3v) is 5.01. The summed E-state index contributed by atoms with van der Waals surface area (Å²) in [5.41, 5.74) is 0. The third kappa shape index (κ3) is 5.09. The molecule has 1 saturated carbocycles. The van der Waals surface area contributed by atoms with Crippen LogP contribution in [0.2, 0.25) is 0 Å². The van der Waals surface area contributed by atoms with Crippen LogP contribution in [0.15, 0.2) is 0 Å². The zero-order valence-corrected chi connectivity index (χ0v) is 12.6. The Morgan fingerprint density at radius 2 is 2.00 bits per heavy atom. The van der Waals surface area contributed by atoms with Crippen molar-refractivity contribution in [3.63, 3.8) is 0 Å². The van der Waals surface area contributed by atoms with Gasteiger partial charge in [-0.2, -0.15) is 0 Å². The first-order valence-electron chi connectivity index (χ1n) is 6.78. The molecule has 8 heteroatoms. The smallest absolute Gasteiger partial charge is 0.306 e. The average Bonchev–Trinajstić information content (AvgIpc) is 2.76. The number of aliphatic carboxylic acids is 1. The van der Waals surface area contributed by atoms with Crippen LogP contribution in [0, 0.1) is 5.92 Å². The first kappa shape index (κ1) is 16.9. The Morgan fingerprint density at radius 1 is 1.35 bits per heavy atom. The summed E-state index contributed by atoms with van der Waals surface area (Å²) < 4.78 is 25.4. The molecule has 0 radical (unpaired) electrons. The van der Waals surface area contributed by atoms with Crippen molar-refractivity contribution in [2.24, 2.45) is 5.92 Å². The minimum absolute atomic E-state index is 0.0187. The maximum atomic E-state index is 11.9. The number of sulfonamides is 1. The lowest BCUT2D eigenvalue weighted by atomic mass is 10.1. The minimum atomic E-state index is -3.44. The number of nitrogens with one attached hydrogen (secondary N) is 2. The van der Waals surface area contributed by atoms with Gasteiger partial charge in [-0.3, -0.25) is 9.59 Å². The fraction of sp³-hybridized carbons (Fsp3) is 0.833. The SMILES string of the molecule is CCCS(=O)(=O)NC(C)C(=O)NC1CCC(C(=O)O)C1. The second kappa shape index (κ2) is 7.03. The maximum Gasteiger partial charge on any atom is 0.306 e. The van der Waals surface area contributed by atoms with Crippen LogP contribution in [0.3, 0.4) is 0 Å². The van der Waals surface area contributed by atoms with E-state index in [4.69, 9.17) is 5.11 Å². The maximum absolute atomic E-state index is 11.9. The Labute approximate surface area is 119 Å². The molecule has 0 heterocycles. The van der Waals surface area contributed by atoms with Gasteiger partial charge < -0.3 is 10.4 Å². The third-order valence-electron chi connectivity index (χ3n) is 3.35. The summed E-state index contributed by atoms with van der Waals surface area (Å²) in [7, 11) is -3.44. The van der Waals surface area contributed by atoms with E-state index in [9.17, 15) is 18.0 Å². The number of carboxylic acid groups (broad SMARTS) is 1. The first-order chi connectivity index (χ1) is 9.25. The highest BCUT2D eigenvalue weighted by Crippen LogP contribution is 2.25. The van der Waals surface area contributed by atoms with E-state index in [1.54, 1.807) is 6.92 Å². The predicted octanol–water partition coefficient (Wildman–Crippen LogP) is 0.0738. The number of amides is 1. The van der Waals surface area contributed by atoms with Gasteiger partial charge >= 0.3 is 5.97 Å². The van der Waals surface area contributed by atoms with E-state index < -0.39 is 33.9 Å². The van der Waals surface area contributed by atoms with E-state index >= 15 is 0 Å². The van der Waals surface area contributed by atoms with Gasteiger partial charge in [0.2, 0.25) is 15.9 Å². The van der Waals surface area contributed by atoms with Crippen LogP contribution in [0.1, 0.15) is 39.5 Å². The van der Waals surface area contributed by atoms with Crippen molar-refractivity contribution in [1.29, 1.82) is 0 Å². The van der Waals surface area contributed by atoms with Crippen LogP contribution in [0.4, 0.5) is 0 Å². The van der Waals surface area contributed by atoms with E-state index in [1.807, 2.05) is 0 Å². The molecule has 3 unspecified atom stereocenters.